The fourth-order valence-electron chi connectivity index (χ4n) is 2.86. The van der Waals surface area contributed by atoms with Gasteiger partial charge in [-0.1, -0.05) is 30.0 Å². The van der Waals surface area contributed by atoms with Gasteiger partial charge >= 0.3 is 0 Å². The molecule has 3 aromatic rings. The molecule has 0 bridgehead atoms. The van der Waals surface area contributed by atoms with E-state index in [2.05, 4.69) is 20.2 Å². The number of ether oxygens (including phenoxy) is 1. The van der Waals surface area contributed by atoms with Gasteiger partial charge in [-0.2, -0.15) is 0 Å². The highest BCUT2D eigenvalue weighted by Gasteiger charge is 2.20. The van der Waals surface area contributed by atoms with Crippen molar-refractivity contribution >= 4 is 11.8 Å². The van der Waals surface area contributed by atoms with Gasteiger partial charge in [0, 0.05) is 30.4 Å². The molecule has 0 spiro atoms. The van der Waals surface area contributed by atoms with Gasteiger partial charge in [0.2, 0.25) is 0 Å². The van der Waals surface area contributed by atoms with Crippen molar-refractivity contribution in [3.05, 3.63) is 48.9 Å². The topological polar surface area (TPSA) is 65.7 Å². The summed E-state index contributed by atoms with van der Waals surface area (Å²) < 4.78 is 7.88. The van der Waals surface area contributed by atoms with Crippen LogP contribution in [0.25, 0.3) is 17.2 Å². The molecule has 0 radical (unpaired) electrons. The van der Waals surface area contributed by atoms with Crippen LogP contribution in [0.2, 0.25) is 0 Å². The summed E-state index contributed by atoms with van der Waals surface area (Å²) in [5, 5.41) is 9.63. The summed E-state index contributed by atoms with van der Waals surface area (Å²) in [6.45, 7) is 0.863. The highest BCUT2D eigenvalue weighted by Crippen LogP contribution is 2.28. The average Bonchev–Trinajstić information content (AvgIpc) is 3.12. The summed E-state index contributed by atoms with van der Waals surface area (Å²) in [7, 11) is 0. The lowest BCUT2D eigenvalue weighted by atomic mass is 10.1. The second-order valence-corrected chi connectivity index (χ2v) is 6.85. The predicted octanol–water partition coefficient (Wildman–Crippen LogP) is 3.39. The Balaban J connectivity index is 1.65. The Bertz CT molecular complexity index is 803. The highest BCUT2D eigenvalue weighted by atomic mass is 32.2. The van der Waals surface area contributed by atoms with E-state index >= 15 is 0 Å². The van der Waals surface area contributed by atoms with Crippen LogP contribution < -0.4 is 0 Å². The van der Waals surface area contributed by atoms with Gasteiger partial charge in [0.05, 0.1) is 12.3 Å². The quantitative estimate of drug-likeness (QED) is 0.655. The number of hydrogen-bond donors (Lipinski definition) is 0. The molecule has 0 aliphatic carbocycles. The first kappa shape index (κ1) is 16.2. The van der Waals surface area contributed by atoms with Crippen LogP contribution >= 0.6 is 11.8 Å². The Morgan fingerprint density at radius 1 is 1.12 bits per heavy atom. The molecule has 3 heterocycles. The summed E-state index contributed by atoms with van der Waals surface area (Å²) in [5.41, 5.74) is 1.72. The Morgan fingerprint density at radius 3 is 2.80 bits per heavy atom. The molecular weight excluding hydrogens is 334 g/mol. The number of thioether (sulfide) groups is 1. The Kier molecular flexibility index (Phi) is 5.03. The van der Waals surface area contributed by atoms with Crippen molar-refractivity contribution in [2.45, 2.75) is 30.5 Å². The lowest BCUT2D eigenvalue weighted by molar-refractivity contribution is 0.0315. The molecule has 7 heteroatoms. The van der Waals surface area contributed by atoms with Crippen LogP contribution in [0.5, 0.6) is 0 Å². The van der Waals surface area contributed by atoms with Crippen molar-refractivity contribution in [3.63, 3.8) is 0 Å². The number of aromatic nitrogens is 5. The van der Waals surface area contributed by atoms with Crippen molar-refractivity contribution in [2.24, 2.45) is 0 Å². The molecule has 0 amide bonds. The molecule has 25 heavy (non-hydrogen) atoms. The summed E-state index contributed by atoms with van der Waals surface area (Å²) >= 11 is 1.68. The van der Waals surface area contributed by atoms with Crippen LogP contribution in [0, 0.1) is 0 Å². The largest absolute Gasteiger partial charge is 0.377 e. The molecule has 1 aliphatic heterocycles. The standard InChI is InChI=1S/C18H19N5OS/c1-2-6-14(7-3-1)23-17(16-12-19-9-10-20-16)21-22-18(23)25-13-15-8-4-5-11-24-15/h1-3,6-7,9-10,12,15H,4-5,8,11,13H2/t15-/m0/s1. The smallest absolute Gasteiger partial charge is 0.196 e. The lowest BCUT2D eigenvalue weighted by Crippen LogP contribution is -2.21. The molecule has 1 fully saturated rings. The third-order valence-electron chi connectivity index (χ3n) is 4.11. The third-order valence-corrected chi connectivity index (χ3v) is 5.17. The highest BCUT2D eigenvalue weighted by molar-refractivity contribution is 7.99. The molecule has 0 saturated carbocycles. The van der Waals surface area contributed by atoms with E-state index in [1.165, 1.54) is 6.42 Å². The maximum absolute atomic E-state index is 5.84. The summed E-state index contributed by atoms with van der Waals surface area (Å²) in [5.74, 6) is 1.58. The van der Waals surface area contributed by atoms with Crippen molar-refractivity contribution in [2.75, 3.05) is 12.4 Å². The van der Waals surface area contributed by atoms with Gasteiger partial charge in [0.1, 0.15) is 5.69 Å². The van der Waals surface area contributed by atoms with Crippen LogP contribution in [-0.4, -0.2) is 43.2 Å². The fourth-order valence-corrected chi connectivity index (χ4v) is 3.88. The van der Waals surface area contributed by atoms with E-state index in [1.807, 2.05) is 34.9 Å². The molecule has 1 saturated heterocycles. The maximum atomic E-state index is 5.84. The minimum absolute atomic E-state index is 0.291. The van der Waals surface area contributed by atoms with Gasteiger partial charge < -0.3 is 4.74 Å². The first-order valence-corrected chi connectivity index (χ1v) is 9.42. The van der Waals surface area contributed by atoms with Gasteiger partial charge in [-0.3, -0.25) is 9.55 Å². The predicted molar refractivity (Wildman–Crippen MR) is 96.7 cm³/mol. The molecule has 128 valence electrons. The summed E-state index contributed by atoms with van der Waals surface area (Å²) in [4.78, 5) is 8.53. The van der Waals surface area contributed by atoms with Gasteiger partial charge in [-0.05, 0) is 31.4 Å². The fraction of sp³-hybridized carbons (Fsp3) is 0.333. The molecule has 1 atom stereocenters. The molecule has 4 rings (SSSR count). The van der Waals surface area contributed by atoms with E-state index < -0.39 is 0 Å². The van der Waals surface area contributed by atoms with E-state index in [1.54, 1.807) is 30.4 Å². The van der Waals surface area contributed by atoms with Gasteiger partial charge in [-0.15, -0.1) is 10.2 Å². The minimum atomic E-state index is 0.291. The average molecular weight is 353 g/mol. The summed E-state index contributed by atoms with van der Waals surface area (Å²) in [6.07, 6.45) is 8.84. The minimum Gasteiger partial charge on any atom is -0.377 e. The molecule has 1 aromatic carbocycles. The molecule has 0 N–H and O–H groups in total. The number of rotatable bonds is 5. The summed E-state index contributed by atoms with van der Waals surface area (Å²) in [6, 6.07) is 10.1. The van der Waals surface area contributed by atoms with Gasteiger partial charge in [-0.25, -0.2) is 4.98 Å². The normalized spacial score (nSPS) is 17.5. The Labute approximate surface area is 150 Å². The molecule has 6 nitrogen and oxygen atoms in total. The SMILES string of the molecule is c1ccc(-n2c(SC[C@@H]3CCCCO3)nnc2-c2cnccn2)cc1. The first-order chi connectivity index (χ1) is 12.4. The van der Waals surface area contributed by atoms with Crippen LogP contribution in [0.4, 0.5) is 0 Å². The zero-order chi connectivity index (χ0) is 16.9. The maximum Gasteiger partial charge on any atom is 0.196 e. The number of nitrogens with zero attached hydrogens (tertiary/aromatic N) is 5. The van der Waals surface area contributed by atoms with Crippen molar-refractivity contribution in [1.82, 2.24) is 24.7 Å². The third kappa shape index (κ3) is 3.72. The monoisotopic (exact) mass is 353 g/mol. The molecule has 1 aliphatic rings. The first-order valence-electron chi connectivity index (χ1n) is 8.43. The van der Waals surface area contributed by atoms with Crippen LogP contribution in [0.3, 0.4) is 0 Å². The number of benzene rings is 1. The number of para-hydroxylation sites is 1. The van der Waals surface area contributed by atoms with Crippen molar-refractivity contribution < 1.29 is 4.74 Å². The van der Waals surface area contributed by atoms with Crippen molar-refractivity contribution in [1.29, 1.82) is 0 Å². The van der Waals surface area contributed by atoms with Crippen LogP contribution in [0.1, 0.15) is 19.3 Å². The van der Waals surface area contributed by atoms with E-state index in [0.29, 0.717) is 17.6 Å². The number of hydrogen-bond acceptors (Lipinski definition) is 6. The zero-order valence-electron chi connectivity index (χ0n) is 13.8. The van der Waals surface area contributed by atoms with E-state index in [4.69, 9.17) is 4.74 Å². The molecule has 2 aromatic heterocycles. The second-order valence-electron chi connectivity index (χ2n) is 5.87. The Morgan fingerprint density at radius 2 is 2.04 bits per heavy atom. The van der Waals surface area contributed by atoms with Gasteiger partial charge in [0.25, 0.3) is 0 Å². The lowest BCUT2D eigenvalue weighted by Gasteiger charge is -2.21. The zero-order valence-corrected chi connectivity index (χ0v) is 14.6. The van der Waals surface area contributed by atoms with Crippen molar-refractivity contribution in [3.8, 4) is 17.2 Å². The molecular formula is C18H19N5OS. The van der Waals surface area contributed by atoms with E-state index in [0.717, 1.165) is 36.0 Å². The van der Waals surface area contributed by atoms with Crippen LogP contribution in [0.15, 0.2) is 54.1 Å². The van der Waals surface area contributed by atoms with Gasteiger partial charge in [0.15, 0.2) is 11.0 Å². The van der Waals surface area contributed by atoms with E-state index in [-0.39, 0.29) is 0 Å². The van der Waals surface area contributed by atoms with E-state index in [9.17, 15) is 0 Å². The molecule has 0 unspecified atom stereocenters. The second kappa shape index (κ2) is 7.76. The Hall–Kier alpha value is -2.25. The van der Waals surface area contributed by atoms with Crippen LogP contribution in [-0.2, 0) is 4.74 Å².